The SMILES string of the molecule is CCOC(=O)c1sc(N2CC[C@@H](NC(=O)c3[nH]c(C)c(Cl)c3Br)[C@@H](OCC3CC3)C2)nc1-c1ncnn1C. The summed E-state index contributed by atoms with van der Waals surface area (Å²) in [5.74, 6) is 0.375. The van der Waals surface area contributed by atoms with Crippen molar-refractivity contribution < 1.29 is 19.1 Å². The Morgan fingerprint density at radius 3 is 2.76 bits per heavy atom. The standard InChI is InChI=1S/C24H29BrClN7O4S/c1-4-36-23(35)20-19(21-27-11-28-32(21)3)31-24(38-20)33-8-7-14(15(9-33)37-10-13-5-6-13)30-22(34)18-16(25)17(26)12(2)29-18/h11,13-15,29H,4-10H2,1-3H3,(H,30,34)/t14-,15+/m1/s1. The average molecular weight is 627 g/mol. The highest BCUT2D eigenvalue weighted by atomic mass is 79.9. The van der Waals surface area contributed by atoms with Crippen molar-refractivity contribution in [1.82, 2.24) is 30.0 Å². The van der Waals surface area contributed by atoms with Crippen LogP contribution in [0.3, 0.4) is 0 Å². The number of hydrogen-bond acceptors (Lipinski definition) is 9. The number of aryl methyl sites for hydroxylation is 2. The van der Waals surface area contributed by atoms with Crippen LogP contribution in [0.25, 0.3) is 11.5 Å². The monoisotopic (exact) mass is 625 g/mol. The number of nitrogens with zero attached hydrogens (tertiary/aromatic N) is 5. The van der Waals surface area contributed by atoms with E-state index < -0.39 is 5.97 Å². The Kier molecular flexibility index (Phi) is 8.08. The minimum Gasteiger partial charge on any atom is -0.462 e. The van der Waals surface area contributed by atoms with Crippen LogP contribution in [0.1, 0.15) is 52.0 Å². The van der Waals surface area contributed by atoms with Gasteiger partial charge in [0.25, 0.3) is 5.91 Å². The molecule has 0 spiro atoms. The Labute approximate surface area is 237 Å². The third-order valence-corrected chi connectivity index (χ3v) is 9.26. The molecule has 4 heterocycles. The molecule has 2 N–H and O–H groups in total. The molecule has 14 heteroatoms. The van der Waals surface area contributed by atoms with E-state index in [0.717, 1.165) is 18.5 Å². The molecular weight excluding hydrogens is 598 g/mol. The van der Waals surface area contributed by atoms with E-state index in [1.165, 1.54) is 17.7 Å². The molecule has 1 amide bonds. The minimum absolute atomic E-state index is 0.200. The molecule has 2 atom stereocenters. The quantitative estimate of drug-likeness (QED) is 0.342. The number of aromatic nitrogens is 5. The van der Waals surface area contributed by atoms with E-state index in [1.54, 1.807) is 18.7 Å². The number of halogens is 2. The van der Waals surface area contributed by atoms with Gasteiger partial charge in [0.1, 0.15) is 22.6 Å². The van der Waals surface area contributed by atoms with Crippen molar-refractivity contribution >= 4 is 55.9 Å². The molecule has 1 aliphatic heterocycles. The van der Waals surface area contributed by atoms with Crippen LogP contribution in [0.15, 0.2) is 10.8 Å². The van der Waals surface area contributed by atoms with Gasteiger partial charge < -0.3 is 24.7 Å². The van der Waals surface area contributed by atoms with Crippen LogP contribution >= 0.6 is 38.9 Å². The summed E-state index contributed by atoms with van der Waals surface area (Å²) in [7, 11) is 1.75. The minimum atomic E-state index is -0.441. The third kappa shape index (κ3) is 5.61. The van der Waals surface area contributed by atoms with Crippen LogP contribution in [0.4, 0.5) is 5.13 Å². The zero-order valence-electron chi connectivity index (χ0n) is 21.3. The number of H-pyrrole nitrogens is 1. The van der Waals surface area contributed by atoms with Gasteiger partial charge >= 0.3 is 5.97 Å². The molecule has 2 aliphatic rings. The molecule has 204 valence electrons. The summed E-state index contributed by atoms with van der Waals surface area (Å²) in [6.07, 6.45) is 4.14. The van der Waals surface area contributed by atoms with Crippen molar-refractivity contribution in [2.75, 3.05) is 31.2 Å². The van der Waals surface area contributed by atoms with Gasteiger partial charge in [-0.3, -0.25) is 4.79 Å². The van der Waals surface area contributed by atoms with Crippen LogP contribution in [0.5, 0.6) is 0 Å². The second-order valence-electron chi connectivity index (χ2n) is 9.48. The number of nitrogens with one attached hydrogen (secondary N) is 2. The lowest BCUT2D eigenvalue weighted by Gasteiger charge is -2.38. The number of amides is 1. The lowest BCUT2D eigenvalue weighted by molar-refractivity contribution is 0.0146. The molecule has 3 aromatic rings. The second-order valence-corrected chi connectivity index (χ2v) is 11.6. The molecule has 0 unspecified atom stereocenters. The van der Waals surface area contributed by atoms with Crippen molar-refractivity contribution in [1.29, 1.82) is 0 Å². The number of carbonyl (C=O) groups is 2. The Morgan fingerprint density at radius 1 is 1.34 bits per heavy atom. The molecule has 1 saturated carbocycles. The summed E-state index contributed by atoms with van der Waals surface area (Å²) in [5.41, 5.74) is 1.56. The van der Waals surface area contributed by atoms with Gasteiger partial charge in [-0.15, -0.1) is 0 Å². The Bertz CT molecular complexity index is 1340. The lowest BCUT2D eigenvalue weighted by Crippen LogP contribution is -2.55. The molecule has 0 radical (unpaired) electrons. The maximum Gasteiger partial charge on any atom is 0.350 e. The van der Waals surface area contributed by atoms with E-state index in [0.29, 0.717) is 68.8 Å². The number of ether oxygens (including phenoxy) is 2. The van der Waals surface area contributed by atoms with Gasteiger partial charge in [-0.2, -0.15) is 5.10 Å². The van der Waals surface area contributed by atoms with Gasteiger partial charge in [0, 0.05) is 32.4 Å². The molecule has 1 aliphatic carbocycles. The van der Waals surface area contributed by atoms with E-state index in [9.17, 15) is 9.59 Å². The topological polar surface area (TPSA) is 127 Å². The predicted octanol–water partition coefficient (Wildman–Crippen LogP) is 3.97. The van der Waals surface area contributed by atoms with Gasteiger partial charge in [-0.05, 0) is 55.0 Å². The number of hydrogen-bond donors (Lipinski definition) is 2. The summed E-state index contributed by atoms with van der Waals surface area (Å²) >= 11 is 10.9. The maximum absolute atomic E-state index is 13.1. The summed E-state index contributed by atoms with van der Waals surface area (Å²) in [6, 6.07) is -0.200. The van der Waals surface area contributed by atoms with E-state index in [-0.39, 0.29) is 24.7 Å². The van der Waals surface area contributed by atoms with E-state index in [4.69, 9.17) is 26.1 Å². The van der Waals surface area contributed by atoms with Gasteiger partial charge in [0.2, 0.25) is 0 Å². The summed E-state index contributed by atoms with van der Waals surface area (Å²) in [4.78, 5) is 40.5. The summed E-state index contributed by atoms with van der Waals surface area (Å²) in [6.45, 7) is 5.62. The molecule has 2 fully saturated rings. The fourth-order valence-electron chi connectivity index (χ4n) is 4.38. The Balaban J connectivity index is 1.37. The van der Waals surface area contributed by atoms with E-state index >= 15 is 0 Å². The van der Waals surface area contributed by atoms with Crippen molar-refractivity contribution in [2.24, 2.45) is 13.0 Å². The van der Waals surface area contributed by atoms with Gasteiger partial charge in [-0.25, -0.2) is 19.4 Å². The Hall–Kier alpha value is -2.48. The molecule has 0 aromatic carbocycles. The van der Waals surface area contributed by atoms with Crippen LogP contribution < -0.4 is 10.2 Å². The molecule has 3 aromatic heterocycles. The van der Waals surface area contributed by atoms with E-state index in [2.05, 4.69) is 41.2 Å². The smallest absolute Gasteiger partial charge is 0.350 e. The third-order valence-electron chi connectivity index (χ3n) is 6.67. The fraction of sp³-hybridized carbons (Fsp3) is 0.542. The molecule has 0 bridgehead atoms. The molecule has 38 heavy (non-hydrogen) atoms. The van der Waals surface area contributed by atoms with Gasteiger partial charge in [-0.1, -0.05) is 22.9 Å². The molecular formula is C24H29BrClN7O4S. The van der Waals surface area contributed by atoms with Crippen LogP contribution in [0, 0.1) is 12.8 Å². The first-order chi connectivity index (χ1) is 18.3. The second kappa shape index (κ2) is 11.3. The summed E-state index contributed by atoms with van der Waals surface area (Å²) < 4.78 is 13.8. The zero-order chi connectivity index (χ0) is 27.0. The van der Waals surface area contributed by atoms with Crippen molar-refractivity contribution in [3.8, 4) is 11.5 Å². The average Bonchev–Trinajstić information content (AvgIpc) is 3.37. The number of esters is 1. The van der Waals surface area contributed by atoms with Gasteiger partial charge in [0.15, 0.2) is 11.0 Å². The number of anilines is 1. The van der Waals surface area contributed by atoms with Crippen molar-refractivity contribution in [3.05, 3.63) is 32.1 Å². The highest BCUT2D eigenvalue weighted by molar-refractivity contribution is 9.10. The van der Waals surface area contributed by atoms with Crippen molar-refractivity contribution in [2.45, 2.75) is 45.3 Å². The first-order valence-corrected chi connectivity index (χ1v) is 14.5. The highest BCUT2D eigenvalue weighted by Crippen LogP contribution is 2.36. The predicted molar refractivity (Wildman–Crippen MR) is 147 cm³/mol. The Morgan fingerprint density at radius 2 is 2.13 bits per heavy atom. The highest BCUT2D eigenvalue weighted by Gasteiger charge is 2.36. The van der Waals surface area contributed by atoms with Crippen LogP contribution in [-0.4, -0.2) is 75.1 Å². The number of piperidine rings is 1. The van der Waals surface area contributed by atoms with Gasteiger partial charge in [0.05, 0.1) is 28.2 Å². The zero-order valence-corrected chi connectivity index (χ0v) is 24.5. The number of rotatable bonds is 9. The van der Waals surface area contributed by atoms with Crippen LogP contribution in [-0.2, 0) is 16.5 Å². The summed E-state index contributed by atoms with van der Waals surface area (Å²) in [5, 5.41) is 8.43. The largest absolute Gasteiger partial charge is 0.462 e. The van der Waals surface area contributed by atoms with E-state index in [1.807, 2.05) is 6.92 Å². The fourth-order valence-corrected chi connectivity index (χ4v) is 6.09. The van der Waals surface area contributed by atoms with Crippen LogP contribution in [0.2, 0.25) is 5.02 Å². The molecule has 1 saturated heterocycles. The molecule has 11 nitrogen and oxygen atoms in total. The maximum atomic E-state index is 13.1. The van der Waals surface area contributed by atoms with Crippen molar-refractivity contribution in [3.63, 3.8) is 0 Å². The first-order valence-electron chi connectivity index (χ1n) is 12.5. The number of carbonyl (C=O) groups excluding carboxylic acids is 2. The molecule has 5 rings (SSSR count). The number of thiazole rings is 1. The first kappa shape index (κ1) is 27.1. The number of aromatic amines is 1. The normalized spacial score (nSPS) is 19.6. The lowest BCUT2D eigenvalue weighted by atomic mass is 10.0.